The lowest BCUT2D eigenvalue weighted by molar-refractivity contribution is 0.379. The Labute approximate surface area is 137 Å². The number of aromatic nitrogens is 1. The highest BCUT2D eigenvalue weighted by atomic mass is 32.2. The topological polar surface area (TPSA) is 77.3 Å². The average Bonchev–Trinajstić information content (AvgIpc) is 3.07. The van der Waals surface area contributed by atoms with Crippen molar-refractivity contribution in [2.24, 2.45) is 5.92 Å². The molecule has 6 nitrogen and oxygen atoms in total. The molecule has 1 aromatic heterocycles. The first kappa shape index (κ1) is 16.2. The van der Waals surface area contributed by atoms with E-state index in [0.29, 0.717) is 43.4 Å². The fraction of sp³-hybridized carbons (Fsp3) is 0.625. The lowest BCUT2D eigenvalue weighted by atomic mass is 10.1. The van der Waals surface area contributed by atoms with Gasteiger partial charge in [0.1, 0.15) is 5.82 Å². The molecule has 0 amide bonds. The van der Waals surface area contributed by atoms with Gasteiger partial charge in [0.05, 0.1) is 17.4 Å². The number of piperazine rings is 1. The zero-order chi connectivity index (χ0) is 16.3. The van der Waals surface area contributed by atoms with Crippen molar-refractivity contribution in [1.82, 2.24) is 9.29 Å². The van der Waals surface area contributed by atoms with Crippen LogP contribution in [0.2, 0.25) is 0 Å². The van der Waals surface area contributed by atoms with E-state index in [4.69, 9.17) is 5.26 Å². The van der Waals surface area contributed by atoms with Crippen LogP contribution in [-0.2, 0) is 10.0 Å². The summed E-state index contributed by atoms with van der Waals surface area (Å²) in [5.41, 5.74) is 0.575. The first-order valence-electron chi connectivity index (χ1n) is 8.17. The summed E-state index contributed by atoms with van der Waals surface area (Å²) in [4.78, 5) is 6.33. The molecule has 1 aliphatic carbocycles. The number of rotatable bonds is 4. The van der Waals surface area contributed by atoms with Gasteiger partial charge in [-0.05, 0) is 30.9 Å². The van der Waals surface area contributed by atoms with Crippen molar-refractivity contribution < 1.29 is 8.42 Å². The van der Waals surface area contributed by atoms with Gasteiger partial charge in [0.25, 0.3) is 0 Å². The molecule has 1 saturated carbocycles. The molecule has 0 unspecified atom stereocenters. The predicted octanol–water partition coefficient (Wildman–Crippen LogP) is 1.60. The maximum atomic E-state index is 12.5. The maximum absolute atomic E-state index is 12.5. The van der Waals surface area contributed by atoms with E-state index < -0.39 is 10.0 Å². The summed E-state index contributed by atoms with van der Waals surface area (Å²) < 4.78 is 26.7. The minimum atomic E-state index is -3.15. The minimum Gasteiger partial charge on any atom is -0.354 e. The van der Waals surface area contributed by atoms with Crippen LogP contribution in [0.3, 0.4) is 0 Å². The third kappa shape index (κ3) is 3.82. The molecule has 1 aliphatic heterocycles. The Hall–Kier alpha value is -1.65. The number of anilines is 1. The summed E-state index contributed by atoms with van der Waals surface area (Å²) in [7, 11) is -3.15. The predicted molar refractivity (Wildman–Crippen MR) is 88.5 cm³/mol. The lowest BCUT2D eigenvalue weighted by Gasteiger charge is -2.35. The first-order valence-corrected chi connectivity index (χ1v) is 9.78. The zero-order valence-corrected chi connectivity index (χ0v) is 14.0. The summed E-state index contributed by atoms with van der Waals surface area (Å²) in [6, 6.07) is 5.53. The molecule has 124 valence electrons. The zero-order valence-electron chi connectivity index (χ0n) is 13.2. The van der Waals surface area contributed by atoms with Crippen LogP contribution in [-0.4, -0.2) is 49.6 Å². The van der Waals surface area contributed by atoms with Crippen LogP contribution >= 0.6 is 0 Å². The number of pyridine rings is 1. The molecule has 3 rings (SSSR count). The van der Waals surface area contributed by atoms with E-state index in [2.05, 4.69) is 11.1 Å². The first-order chi connectivity index (χ1) is 11.1. The highest BCUT2D eigenvalue weighted by molar-refractivity contribution is 7.89. The third-order valence-corrected chi connectivity index (χ3v) is 6.80. The van der Waals surface area contributed by atoms with Crippen LogP contribution in [0.4, 0.5) is 5.82 Å². The van der Waals surface area contributed by atoms with E-state index in [-0.39, 0.29) is 0 Å². The highest BCUT2D eigenvalue weighted by Crippen LogP contribution is 2.27. The van der Waals surface area contributed by atoms with E-state index in [1.54, 1.807) is 22.6 Å². The van der Waals surface area contributed by atoms with Gasteiger partial charge in [-0.15, -0.1) is 0 Å². The summed E-state index contributed by atoms with van der Waals surface area (Å²) in [6.45, 7) is 2.22. The molecule has 7 heteroatoms. The van der Waals surface area contributed by atoms with Crippen molar-refractivity contribution in [2.75, 3.05) is 36.8 Å². The Balaban J connectivity index is 1.60. The maximum Gasteiger partial charge on any atom is 0.214 e. The van der Waals surface area contributed by atoms with Gasteiger partial charge in [0.2, 0.25) is 10.0 Å². The van der Waals surface area contributed by atoms with Crippen molar-refractivity contribution in [1.29, 1.82) is 5.26 Å². The van der Waals surface area contributed by atoms with Gasteiger partial charge in [-0.2, -0.15) is 9.57 Å². The van der Waals surface area contributed by atoms with Crippen LogP contribution in [0.25, 0.3) is 0 Å². The van der Waals surface area contributed by atoms with Crippen molar-refractivity contribution in [3.8, 4) is 6.07 Å². The monoisotopic (exact) mass is 334 g/mol. The van der Waals surface area contributed by atoms with Gasteiger partial charge in [-0.3, -0.25) is 0 Å². The molecule has 0 N–H and O–H groups in total. The number of nitrogens with zero attached hydrogens (tertiary/aromatic N) is 4. The second-order valence-corrected chi connectivity index (χ2v) is 8.34. The molecule has 2 fully saturated rings. The van der Waals surface area contributed by atoms with Gasteiger partial charge in [0.15, 0.2) is 0 Å². The quantitative estimate of drug-likeness (QED) is 0.836. The van der Waals surface area contributed by atoms with Crippen LogP contribution in [0.5, 0.6) is 0 Å². The van der Waals surface area contributed by atoms with Gasteiger partial charge in [-0.25, -0.2) is 13.4 Å². The van der Waals surface area contributed by atoms with Crippen molar-refractivity contribution in [3.63, 3.8) is 0 Å². The van der Waals surface area contributed by atoms with E-state index in [0.717, 1.165) is 31.5 Å². The molecule has 2 heterocycles. The van der Waals surface area contributed by atoms with Crippen molar-refractivity contribution in [2.45, 2.75) is 25.7 Å². The van der Waals surface area contributed by atoms with Crippen molar-refractivity contribution in [3.05, 3.63) is 23.9 Å². The molecule has 0 bridgehead atoms. The van der Waals surface area contributed by atoms with E-state index in [1.165, 1.54) is 0 Å². The van der Waals surface area contributed by atoms with Crippen LogP contribution in [0, 0.1) is 17.2 Å². The van der Waals surface area contributed by atoms with E-state index >= 15 is 0 Å². The number of hydrogen-bond donors (Lipinski definition) is 0. The Kier molecular flexibility index (Phi) is 4.83. The molecule has 1 aromatic rings. The second kappa shape index (κ2) is 6.85. The Morgan fingerprint density at radius 2 is 1.91 bits per heavy atom. The lowest BCUT2D eigenvalue weighted by Crippen LogP contribution is -2.50. The van der Waals surface area contributed by atoms with Gasteiger partial charge < -0.3 is 4.90 Å². The fourth-order valence-electron chi connectivity index (χ4n) is 3.44. The van der Waals surface area contributed by atoms with Crippen LogP contribution < -0.4 is 4.90 Å². The smallest absolute Gasteiger partial charge is 0.214 e. The Morgan fingerprint density at radius 1 is 1.22 bits per heavy atom. The summed E-state index contributed by atoms with van der Waals surface area (Å²) in [5, 5.41) is 8.96. The molecule has 1 saturated heterocycles. The van der Waals surface area contributed by atoms with E-state index in [9.17, 15) is 8.42 Å². The highest BCUT2D eigenvalue weighted by Gasteiger charge is 2.30. The summed E-state index contributed by atoms with van der Waals surface area (Å²) in [5.74, 6) is 1.39. The molecular weight excluding hydrogens is 312 g/mol. The molecule has 2 aliphatic rings. The fourth-order valence-corrected chi connectivity index (χ4v) is 5.30. The molecule has 23 heavy (non-hydrogen) atoms. The van der Waals surface area contributed by atoms with Gasteiger partial charge in [0, 0.05) is 32.4 Å². The Bertz CT molecular complexity index is 684. The van der Waals surface area contributed by atoms with Gasteiger partial charge in [-0.1, -0.05) is 12.8 Å². The molecular formula is C16H22N4O2S. The Morgan fingerprint density at radius 3 is 2.57 bits per heavy atom. The number of sulfonamides is 1. The average molecular weight is 334 g/mol. The molecule has 0 spiro atoms. The standard InChI is InChI=1S/C16H22N4O2S/c17-12-15-5-6-18-16(11-15)19-7-9-20(10-8-19)23(21,22)13-14-3-1-2-4-14/h5-6,11,14H,1-4,7-10,13H2. The van der Waals surface area contributed by atoms with Crippen molar-refractivity contribution >= 4 is 15.8 Å². The third-order valence-electron chi connectivity index (χ3n) is 4.75. The van der Waals surface area contributed by atoms with Crippen LogP contribution in [0.1, 0.15) is 31.2 Å². The van der Waals surface area contributed by atoms with E-state index in [1.807, 2.05) is 4.90 Å². The number of hydrogen-bond acceptors (Lipinski definition) is 5. The molecule has 0 atom stereocenters. The minimum absolute atomic E-state index is 0.301. The largest absolute Gasteiger partial charge is 0.354 e. The summed E-state index contributed by atoms with van der Waals surface area (Å²) in [6.07, 6.45) is 6.04. The van der Waals surface area contributed by atoms with Gasteiger partial charge >= 0.3 is 0 Å². The summed E-state index contributed by atoms with van der Waals surface area (Å²) >= 11 is 0. The normalized spacial score (nSPS) is 20.6. The SMILES string of the molecule is N#Cc1ccnc(N2CCN(S(=O)(=O)CC3CCCC3)CC2)c1. The second-order valence-electron chi connectivity index (χ2n) is 6.33. The number of nitriles is 1. The molecule has 0 radical (unpaired) electrons. The molecule has 0 aromatic carbocycles. The van der Waals surface area contributed by atoms with Crippen LogP contribution in [0.15, 0.2) is 18.3 Å².